The van der Waals surface area contributed by atoms with E-state index in [9.17, 15) is 8.78 Å². The average molecular weight is 277 g/mol. The predicted molar refractivity (Wildman–Crippen MR) is 74.0 cm³/mol. The van der Waals surface area contributed by atoms with Crippen LogP contribution in [0.2, 0.25) is 0 Å². The highest BCUT2D eigenvalue weighted by atomic mass is 19.2. The molecule has 0 amide bonds. The van der Waals surface area contributed by atoms with Gasteiger partial charge in [-0.1, -0.05) is 42.5 Å². The first-order valence-electron chi connectivity index (χ1n) is 6.50. The molecule has 0 unspecified atom stereocenters. The summed E-state index contributed by atoms with van der Waals surface area (Å²) in [7, 11) is 0. The van der Waals surface area contributed by atoms with E-state index in [2.05, 4.69) is 0 Å². The average Bonchev–Trinajstić information content (AvgIpc) is 2.45. The molecule has 0 heterocycles. The molecule has 0 aliphatic rings. The van der Waals surface area contributed by atoms with E-state index in [0.29, 0.717) is 18.7 Å². The number of hydrogen-bond donors (Lipinski definition) is 1. The Kier molecular flexibility index (Phi) is 5.21. The van der Waals surface area contributed by atoms with Gasteiger partial charge in [0, 0.05) is 25.2 Å². The van der Waals surface area contributed by atoms with Crippen LogP contribution in [0.4, 0.5) is 8.78 Å². The maximum Gasteiger partial charge on any atom is 0.163 e. The van der Waals surface area contributed by atoms with Crippen molar-refractivity contribution in [2.45, 2.75) is 13.1 Å². The number of rotatable bonds is 6. The topological polar surface area (TPSA) is 23.5 Å². The van der Waals surface area contributed by atoms with Gasteiger partial charge in [0.1, 0.15) is 0 Å². The summed E-state index contributed by atoms with van der Waals surface area (Å²) >= 11 is 0. The Morgan fingerprint density at radius 3 is 2.35 bits per heavy atom. The van der Waals surface area contributed by atoms with Crippen LogP contribution < -0.4 is 0 Å². The third-order valence-electron chi connectivity index (χ3n) is 3.09. The molecular formula is C16H17F2NO. The summed E-state index contributed by atoms with van der Waals surface area (Å²) in [5, 5.41) is 9.11. The Morgan fingerprint density at radius 2 is 1.65 bits per heavy atom. The lowest BCUT2D eigenvalue weighted by atomic mass is 10.1. The zero-order valence-corrected chi connectivity index (χ0v) is 11.1. The molecule has 0 spiro atoms. The van der Waals surface area contributed by atoms with Gasteiger partial charge in [-0.3, -0.25) is 4.90 Å². The highest BCUT2D eigenvalue weighted by Crippen LogP contribution is 2.15. The van der Waals surface area contributed by atoms with Gasteiger partial charge in [-0.2, -0.15) is 0 Å². The van der Waals surface area contributed by atoms with Gasteiger partial charge in [-0.15, -0.1) is 0 Å². The van der Waals surface area contributed by atoms with E-state index < -0.39 is 11.6 Å². The third-order valence-corrected chi connectivity index (χ3v) is 3.09. The SMILES string of the molecule is OCCN(Cc1ccccc1)Cc1cccc(F)c1F. The fraction of sp³-hybridized carbons (Fsp3) is 0.250. The lowest BCUT2D eigenvalue weighted by Crippen LogP contribution is -2.26. The number of benzene rings is 2. The van der Waals surface area contributed by atoms with Gasteiger partial charge in [-0.25, -0.2) is 8.78 Å². The van der Waals surface area contributed by atoms with Gasteiger partial charge in [0.2, 0.25) is 0 Å². The second-order valence-electron chi connectivity index (χ2n) is 4.63. The number of halogens is 2. The monoisotopic (exact) mass is 277 g/mol. The highest BCUT2D eigenvalue weighted by Gasteiger charge is 2.12. The Morgan fingerprint density at radius 1 is 0.900 bits per heavy atom. The minimum atomic E-state index is -0.842. The summed E-state index contributed by atoms with van der Waals surface area (Å²) in [6.45, 7) is 1.23. The van der Waals surface area contributed by atoms with Gasteiger partial charge in [0.05, 0.1) is 6.61 Å². The molecule has 1 N–H and O–H groups in total. The molecule has 0 aliphatic heterocycles. The largest absolute Gasteiger partial charge is 0.395 e. The Labute approximate surface area is 117 Å². The second kappa shape index (κ2) is 7.12. The molecule has 0 fully saturated rings. The molecule has 2 aromatic rings. The number of nitrogens with zero attached hydrogens (tertiary/aromatic N) is 1. The third kappa shape index (κ3) is 3.85. The van der Waals surface area contributed by atoms with E-state index in [4.69, 9.17) is 5.11 Å². The van der Waals surface area contributed by atoms with Crippen LogP contribution in [-0.4, -0.2) is 23.2 Å². The van der Waals surface area contributed by atoms with Crippen molar-refractivity contribution >= 4 is 0 Å². The van der Waals surface area contributed by atoms with Crippen LogP contribution in [0.25, 0.3) is 0 Å². The van der Waals surface area contributed by atoms with Crippen molar-refractivity contribution in [2.75, 3.05) is 13.2 Å². The molecule has 2 aromatic carbocycles. The summed E-state index contributed by atoms with van der Waals surface area (Å²) < 4.78 is 26.9. The van der Waals surface area contributed by atoms with Crippen molar-refractivity contribution in [3.63, 3.8) is 0 Å². The van der Waals surface area contributed by atoms with Crippen LogP contribution in [0.5, 0.6) is 0 Å². The van der Waals surface area contributed by atoms with Crippen molar-refractivity contribution in [1.29, 1.82) is 0 Å². The Hall–Kier alpha value is -1.78. The van der Waals surface area contributed by atoms with Crippen molar-refractivity contribution in [3.05, 3.63) is 71.3 Å². The van der Waals surface area contributed by atoms with E-state index in [1.54, 1.807) is 6.07 Å². The zero-order chi connectivity index (χ0) is 14.4. The normalized spacial score (nSPS) is 11.0. The summed E-state index contributed by atoms with van der Waals surface area (Å²) in [5.74, 6) is -1.66. The first kappa shape index (κ1) is 14.6. The minimum absolute atomic E-state index is 0.0240. The van der Waals surface area contributed by atoms with Crippen molar-refractivity contribution in [3.8, 4) is 0 Å². The number of hydrogen-bond acceptors (Lipinski definition) is 2. The first-order valence-corrected chi connectivity index (χ1v) is 6.50. The molecule has 0 aromatic heterocycles. The summed E-state index contributed by atoms with van der Waals surface area (Å²) in [4.78, 5) is 1.88. The van der Waals surface area contributed by atoms with Crippen LogP contribution in [0.3, 0.4) is 0 Å². The molecule has 0 aliphatic carbocycles. The van der Waals surface area contributed by atoms with Crippen molar-refractivity contribution < 1.29 is 13.9 Å². The van der Waals surface area contributed by atoms with E-state index >= 15 is 0 Å². The molecule has 106 valence electrons. The van der Waals surface area contributed by atoms with E-state index in [1.807, 2.05) is 35.2 Å². The molecule has 0 bridgehead atoms. The van der Waals surface area contributed by atoms with E-state index in [1.165, 1.54) is 6.07 Å². The smallest absolute Gasteiger partial charge is 0.163 e. The fourth-order valence-electron chi connectivity index (χ4n) is 2.11. The fourth-order valence-corrected chi connectivity index (χ4v) is 2.11. The summed E-state index contributed by atoms with van der Waals surface area (Å²) in [5.41, 5.74) is 1.37. The van der Waals surface area contributed by atoms with E-state index in [0.717, 1.165) is 11.6 Å². The summed E-state index contributed by atoms with van der Waals surface area (Å²) in [6.07, 6.45) is 0. The van der Waals surface area contributed by atoms with Gasteiger partial charge in [-0.05, 0) is 11.6 Å². The highest BCUT2D eigenvalue weighted by molar-refractivity contribution is 5.19. The van der Waals surface area contributed by atoms with Gasteiger partial charge >= 0.3 is 0 Å². The lowest BCUT2D eigenvalue weighted by molar-refractivity contribution is 0.182. The Bertz CT molecular complexity index is 545. The molecule has 4 heteroatoms. The first-order chi connectivity index (χ1) is 9.70. The molecule has 0 saturated carbocycles. The van der Waals surface area contributed by atoms with Gasteiger partial charge in [0.15, 0.2) is 11.6 Å². The van der Waals surface area contributed by atoms with Crippen LogP contribution in [0, 0.1) is 11.6 Å². The van der Waals surface area contributed by atoms with Gasteiger partial charge < -0.3 is 5.11 Å². The predicted octanol–water partition coefficient (Wildman–Crippen LogP) is 2.96. The molecule has 0 atom stereocenters. The van der Waals surface area contributed by atoms with Crippen molar-refractivity contribution in [2.24, 2.45) is 0 Å². The standard InChI is InChI=1S/C16H17F2NO/c17-15-8-4-7-14(16(15)18)12-19(9-10-20)11-13-5-2-1-3-6-13/h1-8,20H,9-12H2. The summed E-state index contributed by atoms with van der Waals surface area (Å²) in [6, 6.07) is 13.9. The zero-order valence-electron chi connectivity index (χ0n) is 11.1. The van der Waals surface area contributed by atoms with E-state index in [-0.39, 0.29) is 13.2 Å². The molecular weight excluding hydrogens is 260 g/mol. The van der Waals surface area contributed by atoms with Gasteiger partial charge in [0.25, 0.3) is 0 Å². The molecule has 2 nitrogen and oxygen atoms in total. The second-order valence-corrected chi connectivity index (χ2v) is 4.63. The maximum absolute atomic E-state index is 13.7. The molecule has 2 rings (SSSR count). The van der Waals surface area contributed by atoms with Crippen LogP contribution in [0.1, 0.15) is 11.1 Å². The molecule has 20 heavy (non-hydrogen) atoms. The minimum Gasteiger partial charge on any atom is -0.395 e. The van der Waals surface area contributed by atoms with Crippen LogP contribution >= 0.6 is 0 Å². The van der Waals surface area contributed by atoms with Crippen molar-refractivity contribution in [1.82, 2.24) is 4.90 Å². The molecule has 0 saturated heterocycles. The number of aliphatic hydroxyl groups is 1. The lowest BCUT2D eigenvalue weighted by Gasteiger charge is -2.21. The quantitative estimate of drug-likeness (QED) is 0.877. The maximum atomic E-state index is 13.7. The van der Waals surface area contributed by atoms with Crippen LogP contribution in [-0.2, 0) is 13.1 Å². The number of aliphatic hydroxyl groups excluding tert-OH is 1. The Balaban J connectivity index is 2.11. The molecule has 0 radical (unpaired) electrons. The van der Waals surface area contributed by atoms with Crippen LogP contribution in [0.15, 0.2) is 48.5 Å².